The summed E-state index contributed by atoms with van der Waals surface area (Å²) in [6, 6.07) is 16.2. The topological polar surface area (TPSA) is 121 Å². The van der Waals surface area contributed by atoms with Crippen LogP contribution in [0.1, 0.15) is 47.4 Å². The summed E-state index contributed by atoms with van der Waals surface area (Å²) in [4.78, 5) is 24.3. The number of ether oxygens (including phenoxy) is 5. The second kappa shape index (κ2) is 14.0. The van der Waals surface area contributed by atoms with Crippen LogP contribution >= 0.6 is 0 Å². The molecule has 0 aromatic heterocycles. The average Bonchev–Trinajstić information content (AvgIpc) is 3.52. The van der Waals surface area contributed by atoms with Crippen LogP contribution in [0.5, 0.6) is 28.7 Å². The maximum absolute atomic E-state index is 13.0. The average molecular weight is 569 g/mol. The molecule has 0 saturated heterocycles. The van der Waals surface area contributed by atoms with Gasteiger partial charge in [-0.05, 0) is 53.4 Å². The van der Waals surface area contributed by atoms with Crippen molar-refractivity contribution in [2.75, 3.05) is 27.1 Å². The fourth-order valence-corrected chi connectivity index (χ4v) is 5.30. The van der Waals surface area contributed by atoms with Gasteiger partial charge in [-0.15, -0.1) is 0 Å². The van der Waals surface area contributed by atoms with E-state index in [4.69, 9.17) is 23.7 Å². The molecule has 0 saturated carbocycles. The van der Waals surface area contributed by atoms with Crippen molar-refractivity contribution in [2.24, 2.45) is 5.92 Å². The van der Waals surface area contributed by atoms with E-state index in [1.807, 2.05) is 37.3 Å². The number of methoxy groups -OCH3 is 1. The third-order valence-electron chi connectivity index (χ3n) is 6.87. The van der Waals surface area contributed by atoms with E-state index in [0.29, 0.717) is 35.2 Å². The number of hydrogen-bond acceptors (Lipinski definition) is 7. The fourth-order valence-electron chi connectivity index (χ4n) is 5.30. The Morgan fingerprint density at radius 3 is 2.27 bits per heavy atom. The Morgan fingerprint density at radius 2 is 1.57 bits per heavy atom. The first kappa shape index (κ1) is 32.1. The molecule has 1 aliphatic carbocycles. The Bertz CT molecular complexity index is 1380. The first-order valence-corrected chi connectivity index (χ1v) is 12.3. The quantitative estimate of drug-likeness (QED) is 0.355. The molecule has 2 N–H and O–H groups in total. The molecule has 1 heterocycles. The van der Waals surface area contributed by atoms with Gasteiger partial charge in [0.25, 0.3) is 0 Å². The second-order valence-electron chi connectivity index (χ2n) is 9.16. The number of fused-ring (bicyclic) bond motifs is 2. The zero-order valence-corrected chi connectivity index (χ0v) is 21.0. The number of carbonyl (C=O) groups is 2. The van der Waals surface area contributed by atoms with Crippen molar-refractivity contribution < 1.29 is 43.5 Å². The molecule has 3 aromatic rings. The molecule has 1 aliphatic heterocycles. The van der Waals surface area contributed by atoms with Crippen molar-refractivity contribution in [3.63, 3.8) is 0 Å². The molecule has 2 aliphatic rings. The van der Waals surface area contributed by atoms with Gasteiger partial charge in [0.05, 0.1) is 19.6 Å². The van der Waals surface area contributed by atoms with Crippen LogP contribution < -0.4 is 23.7 Å². The van der Waals surface area contributed by atoms with E-state index in [-0.39, 0.29) is 71.7 Å². The summed E-state index contributed by atoms with van der Waals surface area (Å²) in [6.45, 7) is 2.06. The summed E-state index contributed by atoms with van der Waals surface area (Å²) < 4.78 is 27.9. The van der Waals surface area contributed by atoms with Crippen molar-refractivity contribution in [1.29, 1.82) is 0 Å². The first-order chi connectivity index (χ1) is 18.4. The number of aliphatic carboxylic acids is 2. The third-order valence-corrected chi connectivity index (χ3v) is 6.87. The van der Waals surface area contributed by atoms with Gasteiger partial charge in [-0.3, -0.25) is 4.79 Å². The molecular formula is C29H30Na2O9. The Kier molecular flexibility index (Phi) is 11.2. The maximum atomic E-state index is 13.0. The van der Waals surface area contributed by atoms with Crippen LogP contribution in [-0.4, -0.2) is 108 Å². The van der Waals surface area contributed by atoms with E-state index in [1.54, 1.807) is 24.3 Å². The predicted molar refractivity (Wildman–Crippen MR) is 150 cm³/mol. The van der Waals surface area contributed by atoms with Crippen LogP contribution in [-0.2, 0) is 9.59 Å². The molecule has 3 atom stereocenters. The van der Waals surface area contributed by atoms with Crippen molar-refractivity contribution in [2.45, 2.75) is 25.2 Å². The van der Waals surface area contributed by atoms with Crippen LogP contribution in [0, 0.1) is 5.92 Å². The molecule has 9 nitrogen and oxygen atoms in total. The molecule has 0 spiro atoms. The van der Waals surface area contributed by atoms with Gasteiger partial charge in [-0.25, -0.2) is 4.79 Å². The zero-order valence-electron chi connectivity index (χ0n) is 21.0. The molecule has 202 valence electrons. The standard InChI is InChI=1S/C29H28O9.2Na.2H/c1-3-10-35-18-6-7-19-21(12-18)27(20-8-5-17(34-2)13-23(20)36-14-25(30)31)28(29(32)33)26(19)16-4-9-22-24(11-16)38-15-37-22;;;;/h4-9,11-13,26-28H,3,10,14-15H2,1-2H3,(H,30,31)(H,32,33);;;;/t26-,27+,28+;;;;/m0..../s1. The Balaban J connectivity index is 0.00000220. The van der Waals surface area contributed by atoms with Crippen LogP contribution in [0.4, 0.5) is 0 Å². The molecule has 0 amide bonds. The number of carboxylic acid groups (broad SMARTS) is 2. The van der Waals surface area contributed by atoms with Crippen molar-refractivity contribution in [3.05, 3.63) is 76.9 Å². The summed E-state index contributed by atoms with van der Waals surface area (Å²) in [7, 11) is 1.49. The van der Waals surface area contributed by atoms with E-state index >= 15 is 0 Å². The molecule has 3 aromatic carbocycles. The van der Waals surface area contributed by atoms with Crippen LogP contribution in [0.2, 0.25) is 0 Å². The van der Waals surface area contributed by atoms with Gasteiger partial charge in [0.15, 0.2) is 18.1 Å². The molecule has 5 rings (SSSR count). The molecule has 0 unspecified atom stereocenters. The third kappa shape index (κ3) is 6.40. The molecule has 0 radical (unpaired) electrons. The minimum atomic E-state index is -1.14. The summed E-state index contributed by atoms with van der Waals surface area (Å²) in [5.74, 6) is -1.72. The normalized spacial score (nSPS) is 18.1. The Morgan fingerprint density at radius 1 is 0.850 bits per heavy atom. The minimum absolute atomic E-state index is 0. The van der Waals surface area contributed by atoms with E-state index < -0.39 is 36.3 Å². The Labute approximate surface area is 276 Å². The van der Waals surface area contributed by atoms with Crippen LogP contribution in [0.3, 0.4) is 0 Å². The van der Waals surface area contributed by atoms with Gasteiger partial charge in [0.1, 0.15) is 17.2 Å². The number of rotatable bonds is 10. The van der Waals surface area contributed by atoms with Gasteiger partial charge in [0, 0.05) is 23.5 Å². The summed E-state index contributed by atoms with van der Waals surface area (Å²) in [6.07, 6.45) is 0.823. The first-order valence-electron chi connectivity index (χ1n) is 12.3. The van der Waals surface area contributed by atoms with Gasteiger partial charge in [-0.2, -0.15) is 0 Å². The number of hydrogen-bond donors (Lipinski definition) is 2. The van der Waals surface area contributed by atoms with Gasteiger partial charge in [0.2, 0.25) is 6.79 Å². The van der Waals surface area contributed by atoms with Crippen LogP contribution in [0.25, 0.3) is 0 Å². The summed E-state index contributed by atoms with van der Waals surface area (Å²) in [5, 5.41) is 19.9. The molecule has 0 bridgehead atoms. The van der Waals surface area contributed by atoms with Gasteiger partial charge >= 0.3 is 71.1 Å². The van der Waals surface area contributed by atoms with Crippen molar-refractivity contribution in [1.82, 2.24) is 0 Å². The molecular weight excluding hydrogens is 538 g/mol. The van der Waals surface area contributed by atoms with Crippen molar-refractivity contribution in [3.8, 4) is 28.7 Å². The zero-order chi connectivity index (χ0) is 26.8. The van der Waals surface area contributed by atoms with Gasteiger partial charge in [-0.1, -0.05) is 25.1 Å². The van der Waals surface area contributed by atoms with E-state index in [1.165, 1.54) is 7.11 Å². The number of benzene rings is 3. The molecule has 11 heteroatoms. The van der Waals surface area contributed by atoms with E-state index in [9.17, 15) is 19.8 Å². The van der Waals surface area contributed by atoms with Crippen LogP contribution in [0.15, 0.2) is 54.6 Å². The monoisotopic (exact) mass is 568 g/mol. The van der Waals surface area contributed by atoms with E-state index in [2.05, 4.69) is 0 Å². The SMILES string of the molecule is CCCOc1ccc2c(c1)[C@@H](c1ccc(OC)cc1OCC(=O)O)[C@H](C(=O)O)[C@H]2c1ccc2c(c1)OCO2.[NaH].[NaH]. The van der Waals surface area contributed by atoms with Gasteiger partial charge < -0.3 is 33.9 Å². The summed E-state index contributed by atoms with van der Waals surface area (Å²) >= 11 is 0. The van der Waals surface area contributed by atoms with Crippen molar-refractivity contribution >= 4 is 71.1 Å². The Hall–Kier alpha value is -2.40. The number of carboxylic acids is 2. The second-order valence-corrected chi connectivity index (χ2v) is 9.16. The summed E-state index contributed by atoms with van der Waals surface area (Å²) in [5.41, 5.74) is 2.94. The molecule has 40 heavy (non-hydrogen) atoms. The fraction of sp³-hybridized carbons (Fsp3) is 0.310. The molecule has 0 fully saturated rings. The van der Waals surface area contributed by atoms with E-state index in [0.717, 1.165) is 23.1 Å². The predicted octanol–water partition coefficient (Wildman–Crippen LogP) is 3.36.